The number of aryl methyl sites for hydroxylation is 2. The molecule has 1 fully saturated rings. The number of aliphatic hydroxyl groups excluding tert-OH is 1. The maximum absolute atomic E-state index is 10.6. The van der Waals surface area contributed by atoms with Gasteiger partial charge in [-0.25, -0.2) is 0 Å². The van der Waals surface area contributed by atoms with Gasteiger partial charge in [0.05, 0.1) is 6.10 Å². The van der Waals surface area contributed by atoms with Crippen LogP contribution < -0.4 is 0 Å². The molecule has 1 unspecified atom stereocenters. The fourth-order valence-electron chi connectivity index (χ4n) is 3.19. The molecule has 0 amide bonds. The highest BCUT2D eigenvalue weighted by atomic mass is 16.3. The first-order valence-corrected chi connectivity index (χ1v) is 7.14. The van der Waals surface area contributed by atoms with Crippen molar-refractivity contribution in [3.8, 4) is 0 Å². The molecule has 100 valence electrons. The van der Waals surface area contributed by atoms with Gasteiger partial charge in [0.15, 0.2) is 0 Å². The molecule has 2 rings (SSSR count). The van der Waals surface area contributed by atoms with Gasteiger partial charge in [-0.05, 0) is 56.4 Å². The molecule has 0 radical (unpaired) electrons. The molecule has 0 spiro atoms. The van der Waals surface area contributed by atoms with Gasteiger partial charge in [0, 0.05) is 0 Å². The molecule has 1 heteroatoms. The van der Waals surface area contributed by atoms with E-state index in [1.165, 1.54) is 24.0 Å². The van der Waals surface area contributed by atoms with Crippen LogP contribution in [0.3, 0.4) is 0 Å². The van der Waals surface area contributed by atoms with E-state index in [-0.39, 0.29) is 6.10 Å². The minimum Gasteiger partial charge on any atom is -0.388 e. The van der Waals surface area contributed by atoms with Gasteiger partial charge in [-0.15, -0.1) is 0 Å². The van der Waals surface area contributed by atoms with Crippen molar-refractivity contribution in [3.05, 3.63) is 34.9 Å². The quantitative estimate of drug-likeness (QED) is 0.811. The van der Waals surface area contributed by atoms with E-state index in [4.69, 9.17) is 0 Å². The summed E-state index contributed by atoms with van der Waals surface area (Å²) >= 11 is 0. The highest BCUT2D eigenvalue weighted by Gasteiger charge is 2.31. The van der Waals surface area contributed by atoms with Crippen LogP contribution in [0.5, 0.6) is 0 Å². The Balaban J connectivity index is 2.09. The van der Waals surface area contributed by atoms with E-state index in [0.717, 1.165) is 18.4 Å². The summed E-state index contributed by atoms with van der Waals surface area (Å²) in [6.07, 6.45) is 4.50. The number of benzene rings is 1. The Morgan fingerprint density at radius 1 is 1.06 bits per heavy atom. The molecule has 0 heterocycles. The van der Waals surface area contributed by atoms with Gasteiger partial charge in [0.1, 0.15) is 0 Å². The minimum absolute atomic E-state index is 0.278. The largest absolute Gasteiger partial charge is 0.388 e. The first kappa shape index (κ1) is 13.6. The van der Waals surface area contributed by atoms with Crippen molar-refractivity contribution in [2.24, 2.45) is 11.3 Å². The van der Waals surface area contributed by atoms with Gasteiger partial charge in [-0.1, -0.05) is 43.2 Å². The van der Waals surface area contributed by atoms with Crippen LogP contribution in [0.2, 0.25) is 0 Å². The summed E-state index contributed by atoms with van der Waals surface area (Å²) in [6.45, 7) is 8.89. The van der Waals surface area contributed by atoms with Crippen LogP contribution in [-0.2, 0) is 0 Å². The smallest absolute Gasteiger partial charge is 0.0818 e. The van der Waals surface area contributed by atoms with E-state index in [1.54, 1.807) is 0 Å². The molecule has 1 nitrogen and oxygen atoms in total. The highest BCUT2D eigenvalue weighted by molar-refractivity contribution is 5.30. The molecule has 0 aromatic heterocycles. The molecule has 1 aromatic carbocycles. The van der Waals surface area contributed by atoms with Crippen molar-refractivity contribution in [1.29, 1.82) is 0 Å². The van der Waals surface area contributed by atoms with E-state index in [2.05, 4.69) is 45.9 Å². The Kier molecular flexibility index (Phi) is 3.82. The molecule has 1 aromatic rings. The SMILES string of the molecule is Cc1cc(C)cc(C(O)C2CCC(C)(C)CC2)c1. The third kappa shape index (κ3) is 3.14. The number of hydrogen-bond donors (Lipinski definition) is 1. The third-order valence-corrected chi connectivity index (χ3v) is 4.42. The summed E-state index contributed by atoms with van der Waals surface area (Å²) in [4.78, 5) is 0. The van der Waals surface area contributed by atoms with E-state index >= 15 is 0 Å². The monoisotopic (exact) mass is 246 g/mol. The van der Waals surface area contributed by atoms with Gasteiger partial charge in [0.2, 0.25) is 0 Å². The summed E-state index contributed by atoms with van der Waals surface area (Å²) in [5, 5.41) is 10.6. The predicted octanol–water partition coefficient (Wildman–Crippen LogP) is 4.55. The Morgan fingerprint density at radius 3 is 2.06 bits per heavy atom. The first-order chi connectivity index (χ1) is 8.37. The lowest BCUT2D eigenvalue weighted by Crippen LogP contribution is -2.25. The fraction of sp³-hybridized carbons (Fsp3) is 0.647. The summed E-state index contributed by atoms with van der Waals surface area (Å²) in [7, 11) is 0. The predicted molar refractivity (Wildman–Crippen MR) is 76.6 cm³/mol. The highest BCUT2D eigenvalue weighted by Crippen LogP contribution is 2.42. The van der Waals surface area contributed by atoms with Crippen molar-refractivity contribution < 1.29 is 5.11 Å². The third-order valence-electron chi connectivity index (χ3n) is 4.42. The van der Waals surface area contributed by atoms with Crippen LogP contribution in [0.4, 0.5) is 0 Å². The number of hydrogen-bond acceptors (Lipinski definition) is 1. The molecule has 0 bridgehead atoms. The average molecular weight is 246 g/mol. The lowest BCUT2D eigenvalue weighted by atomic mass is 9.71. The molecule has 18 heavy (non-hydrogen) atoms. The van der Waals surface area contributed by atoms with Crippen LogP contribution in [-0.4, -0.2) is 5.11 Å². The second-order valence-corrected chi connectivity index (χ2v) is 6.87. The maximum atomic E-state index is 10.6. The zero-order valence-electron chi connectivity index (χ0n) is 12.2. The molecule has 1 aliphatic rings. The Labute approximate surface area is 111 Å². The summed E-state index contributed by atoms with van der Waals surface area (Å²) in [5.74, 6) is 0.444. The number of aliphatic hydroxyl groups is 1. The molecule has 1 atom stereocenters. The van der Waals surface area contributed by atoms with E-state index in [0.29, 0.717) is 11.3 Å². The van der Waals surface area contributed by atoms with Crippen LogP contribution in [0, 0.1) is 25.2 Å². The second kappa shape index (κ2) is 5.05. The second-order valence-electron chi connectivity index (χ2n) is 6.87. The minimum atomic E-state index is -0.278. The summed E-state index contributed by atoms with van der Waals surface area (Å²) in [6, 6.07) is 6.44. The van der Waals surface area contributed by atoms with Gasteiger partial charge in [-0.2, -0.15) is 0 Å². The van der Waals surface area contributed by atoms with Gasteiger partial charge in [-0.3, -0.25) is 0 Å². The van der Waals surface area contributed by atoms with Gasteiger partial charge >= 0.3 is 0 Å². The van der Waals surface area contributed by atoms with Gasteiger partial charge < -0.3 is 5.11 Å². The fourth-order valence-corrected chi connectivity index (χ4v) is 3.19. The zero-order chi connectivity index (χ0) is 13.3. The van der Waals surface area contributed by atoms with Crippen molar-refractivity contribution in [2.75, 3.05) is 0 Å². The van der Waals surface area contributed by atoms with Crippen molar-refractivity contribution >= 4 is 0 Å². The van der Waals surface area contributed by atoms with Crippen LogP contribution in [0.15, 0.2) is 18.2 Å². The van der Waals surface area contributed by atoms with Crippen molar-refractivity contribution in [3.63, 3.8) is 0 Å². The summed E-state index contributed by atoms with van der Waals surface area (Å²) in [5.41, 5.74) is 4.08. The molecule has 1 saturated carbocycles. The van der Waals surface area contributed by atoms with E-state index in [9.17, 15) is 5.11 Å². The Bertz CT molecular complexity index is 389. The Morgan fingerprint density at radius 2 is 1.56 bits per heavy atom. The van der Waals surface area contributed by atoms with E-state index < -0.39 is 0 Å². The topological polar surface area (TPSA) is 20.2 Å². The normalized spacial score (nSPS) is 21.8. The standard InChI is InChI=1S/C17H26O/c1-12-9-13(2)11-15(10-12)16(18)14-5-7-17(3,4)8-6-14/h9-11,14,16,18H,5-8H2,1-4H3. The molecule has 1 N–H and O–H groups in total. The first-order valence-electron chi connectivity index (χ1n) is 7.14. The lowest BCUT2D eigenvalue weighted by molar-refractivity contribution is 0.0566. The zero-order valence-corrected chi connectivity index (χ0v) is 12.2. The number of rotatable bonds is 2. The molecular formula is C17H26O. The molecule has 0 saturated heterocycles. The molecule has 1 aliphatic carbocycles. The van der Waals surface area contributed by atoms with Crippen molar-refractivity contribution in [2.45, 2.75) is 59.5 Å². The molecular weight excluding hydrogens is 220 g/mol. The van der Waals surface area contributed by atoms with Gasteiger partial charge in [0.25, 0.3) is 0 Å². The maximum Gasteiger partial charge on any atom is 0.0818 e. The average Bonchev–Trinajstić information content (AvgIpc) is 2.27. The lowest BCUT2D eigenvalue weighted by Gasteiger charge is -2.36. The van der Waals surface area contributed by atoms with Crippen LogP contribution >= 0.6 is 0 Å². The van der Waals surface area contributed by atoms with Crippen LogP contribution in [0.25, 0.3) is 0 Å². The van der Waals surface area contributed by atoms with Crippen molar-refractivity contribution in [1.82, 2.24) is 0 Å². The Hall–Kier alpha value is -0.820. The molecule has 0 aliphatic heterocycles. The van der Waals surface area contributed by atoms with E-state index in [1.807, 2.05) is 0 Å². The van der Waals surface area contributed by atoms with Crippen LogP contribution in [0.1, 0.15) is 62.3 Å². The summed E-state index contributed by atoms with van der Waals surface area (Å²) < 4.78 is 0.